The summed E-state index contributed by atoms with van der Waals surface area (Å²) < 4.78 is 8.28. The molecule has 0 aliphatic rings. The Bertz CT molecular complexity index is 2290. The first kappa shape index (κ1) is 32.7. The minimum atomic E-state index is -2.72. The van der Waals surface area contributed by atoms with Crippen molar-refractivity contribution in [1.29, 1.82) is 0 Å². The van der Waals surface area contributed by atoms with Crippen LogP contribution in [0.4, 0.5) is 5.95 Å². The van der Waals surface area contributed by atoms with Crippen molar-refractivity contribution in [3.05, 3.63) is 246 Å². The average molecular weight is 686 g/mol. The Kier molecular flexibility index (Phi) is 9.31. The third-order valence-corrected chi connectivity index (χ3v) is 13.0. The fourth-order valence-corrected chi connectivity index (χ4v) is 10.5. The fraction of sp³-hybridized carbons (Fsp3) is 0.0208. The molecule has 0 spiro atoms. The van der Waals surface area contributed by atoms with E-state index < -0.39 is 12.6 Å². The van der Waals surface area contributed by atoms with Crippen molar-refractivity contribution in [2.75, 3.05) is 0 Å². The standard InChI is InChI=1S/C48H36N3P/c1-8-22-39(23-9-1)36-37-43-38-51(48(40-24-10-2-11-25-40,41-26-12-3-13-27-41)42-28-14-4-15-29-42)47(49-43)50-52(44-30-16-5-17-31-44,45-32-18-6-19-33-45)46-34-20-7-21-35-46/h1-35,38H. The Balaban J connectivity index is 1.55. The molecule has 8 aromatic rings. The van der Waals surface area contributed by atoms with Crippen molar-refractivity contribution in [3.8, 4) is 11.8 Å². The van der Waals surface area contributed by atoms with E-state index in [1.807, 2.05) is 30.3 Å². The van der Waals surface area contributed by atoms with E-state index in [-0.39, 0.29) is 0 Å². The monoisotopic (exact) mass is 685 g/mol. The van der Waals surface area contributed by atoms with Gasteiger partial charge in [0, 0.05) is 27.7 Å². The molecule has 0 aliphatic carbocycles. The molecule has 3 nitrogen and oxygen atoms in total. The van der Waals surface area contributed by atoms with Crippen LogP contribution < -0.4 is 15.9 Å². The molecule has 0 radical (unpaired) electrons. The smallest absolute Gasteiger partial charge is 0.231 e. The summed E-state index contributed by atoms with van der Waals surface area (Å²) in [6.45, 7) is 0. The topological polar surface area (TPSA) is 30.2 Å². The number of nitrogens with zero attached hydrogens (tertiary/aromatic N) is 3. The molecular formula is C48H36N3P. The lowest BCUT2D eigenvalue weighted by Crippen LogP contribution is -2.37. The van der Waals surface area contributed by atoms with E-state index >= 15 is 0 Å². The Labute approximate surface area is 306 Å². The molecule has 1 aromatic heterocycles. The molecule has 0 fully saturated rings. The number of imidazole rings is 1. The lowest BCUT2D eigenvalue weighted by molar-refractivity contribution is 0.519. The molecule has 248 valence electrons. The van der Waals surface area contributed by atoms with Crippen molar-refractivity contribution in [2.24, 2.45) is 4.74 Å². The van der Waals surface area contributed by atoms with Gasteiger partial charge >= 0.3 is 0 Å². The van der Waals surface area contributed by atoms with Gasteiger partial charge in [0.05, 0.1) is 7.05 Å². The van der Waals surface area contributed by atoms with Gasteiger partial charge in [-0.2, -0.15) is 0 Å². The van der Waals surface area contributed by atoms with Gasteiger partial charge in [-0.3, -0.25) is 4.57 Å². The van der Waals surface area contributed by atoms with Gasteiger partial charge in [0.25, 0.3) is 0 Å². The van der Waals surface area contributed by atoms with E-state index in [0.717, 1.165) is 38.2 Å². The summed E-state index contributed by atoms with van der Waals surface area (Å²) in [6.07, 6.45) is 2.09. The fourth-order valence-electron chi connectivity index (χ4n) is 7.05. The van der Waals surface area contributed by atoms with E-state index in [9.17, 15) is 0 Å². The molecule has 0 bridgehead atoms. The predicted molar refractivity (Wildman–Crippen MR) is 216 cm³/mol. The summed E-state index contributed by atoms with van der Waals surface area (Å²) in [5.74, 6) is 7.39. The molecule has 0 saturated heterocycles. The van der Waals surface area contributed by atoms with Crippen LogP contribution in [0.2, 0.25) is 0 Å². The molecule has 8 rings (SSSR count). The minimum Gasteiger partial charge on any atom is -0.296 e. The van der Waals surface area contributed by atoms with Crippen LogP contribution in [0.3, 0.4) is 0 Å². The number of rotatable bonds is 8. The van der Waals surface area contributed by atoms with E-state index in [4.69, 9.17) is 9.73 Å². The molecule has 0 saturated carbocycles. The molecule has 7 aromatic carbocycles. The number of hydrogen-bond acceptors (Lipinski definition) is 2. The Morgan fingerprint density at radius 1 is 0.423 bits per heavy atom. The van der Waals surface area contributed by atoms with Crippen molar-refractivity contribution in [3.63, 3.8) is 0 Å². The van der Waals surface area contributed by atoms with Crippen LogP contribution in [0, 0.1) is 11.8 Å². The highest BCUT2D eigenvalue weighted by atomic mass is 31.2. The average Bonchev–Trinajstić information content (AvgIpc) is 3.64. The van der Waals surface area contributed by atoms with Gasteiger partial charge < -0.3 is 0 Å². The number of aromatic nitrogens is 2. The highest BCUT2D eigenvalue weighted by Crippen LogP contribution is 2.51. The summed E-state index contributed by atoms with van der Waals surface area (Å²) in [5.41, 5.74) is 3.99. The summed E-state index contributed by atoms with van der Waals surface area (Å²) in [6, 6.07) is 74.2. The van der Waals surface area contributed by atoms with Gasteiger partial charge in [-0.1, -0.05) is 206 Å². The maximum absolute atomic E-state index is 6.01. The maximum atomic E-state index is 6.01. The van der Waals surface area contributed by atoms with Gasteiger partial charge in [0.1, 0.15) is 11.2 Å². The lowest BCUT2D eigenvalue weighted by atomic mass is 9.76. The second-order valence-electron chi connectivity index (χ2n) is 12.5. The van der Waals surface area contributed by atoms with Crippen LogP contribution in [0.15, 0.2) is 223 Å². The summed E-state index contributed by atoms with van der Waals surface area (Å²) >= 11 is 0. The van der Waals surface area contributed by atoms with Crippen LogP contribution >= 0.6 is 7.05 Å². The predicted octanol–water partition coefficient (Wildman–Crippen LogP) is 9.93. The minimum absolute atomic E-state index is 0.596. The third-order valence-electron chi connectivity index (χ3n) is 9.36. The van der Waals surface area contributed by atoms with Gasteiger partial charge in [0.2, 0.25) is 5.95 Å². The molecule has 0 aliphatic heterocycles. The van der Waals surface area contributed by atoms with Crippen LogP contribution in [-0.4, -0.2) is 9.55 Å². The maximum Gasteiger partial charge on any atom is 0.231 e. The van der Waals surface area contributed by atoms with E-state index in [0.29, 0.717) is 11.6 Å². The molecule has 4 heteroatoms. The van der Waals surface area contributed by atoms with Crippen LogP contribution in [-0.2, 0) is 5.54 Å². The van der Waals surface area contributed by atoms with E-state index in [1.54, 1.807) is 0 Å². The van der Waals surface area contributed by atoms with Crippen molar-refractivity contribution in [2.45, 2.75) is 5.54 Å². The van der Waals surface area contributed by atoms with Gasteiger partial charge in [-0.15, -0.1) is 0 Å². The zero-order chi connectivity index (χ0) is 35.1. The molecule has 1 heterocycles. The van der Waals surface area contributed by atoms with Crippen LogP contribution in [0.1, 0.15) is 27.9 Å². The first-order valence-corrected chi connectivity index (χ1v) is 19.2. The van der Waals surface area contributed by atoms with Crippen LogP contribution in [0.25, 0.3) is 0 Å². The second kappa shape index (κ2) is 14.8. The van der Waals surface area contributed by atoms with E-state index in [1.165, 1.54) is 0 Å². The zero-order valence-electron chi connectivity index (χ0n) is 28.6. The zero-order valence-corrected chi connectivity index (χ0v) is 29.5. The summed E-state index contributed by atoms with van der Waals surface area (Å²) in [7, 11) is -2.72. The first-order chi connectivity index (χ1) is 25.8. The quantitative estimate of drug-likeness (QED) is 0.0890. The Morgan fingerprint density at radius 2 is 0.769 bits per heavy atom. The highest BCUT2D eigenvalue weighted by molar-refractivity contribution is 7.87. The Morgan fingerprint density at radius 3 is 1.15 bits per heavy atom. The van der Waals surface area contributed by atoms with Crippen LogP contribution in [0.5, 0.6) is 0 Å². The van der Waals surface area contributed by atoms with Gasteiger partial charge in [-0.25, -0.2) is 9.73 Å². The normalized spacial score (nSPS) is 11.3. The van der Waals surface area contributed by atoms with Gasteiger partial charge in [0.15, 0.2) is 0 Å². The van der Waals surface area contributed by atoms with Crippen molar-refractivity contribution >= 4 is 28.9 Å². The molecule has 0 amide bonds. The molecule has 0 unspecified atom stereocenters. The third kappa shape index (κ3) is 6.11. The molecule has 0 atom stereocenters. The van der Waals surface area contributed by atoms with Crippen molar-refractivity contribution < 1.29 is 0 Å². The summed E-state index contributed by atoms with van der Waals surface area (Å²) in [5, 5.41) is 3.43. The number of hydrogen-bond donors (Lipinski definition) is 0. The van der Waals surface area contributed by atoms with E-state index in [2.05, 4.69) is 205 Å². The molecular weight excluding hydrogens is 650 g/mol. The molecule has 52 heavy (non-hydrogen) atoms. The SMILES string of the molecule is C(#Cc1cn(C(c2ccccc2)(c2ccccc2)c2ccccc2)c(N=P(c2ccccc2)(c2ccccc2)c2ccccc2)n1)c1ccccc1. The largest absolute Gasteiger partial charge is 0.296 e. The second-order valence-corrected chi connectivity index (χ2v) is 15.5. The lowest BCUT2D eigenvalue weighted by Gasteiger charge is -2.38. The molecule has 0 N–H and O–H groups in total. The van der Waals surface area contributed by atoms with Crippen molar-refractivity contribution in [1.82, 2.24) is 9.55 Å². The Hall–Kier alpha value is -6.46. The highest BCUT2D eigenvalue weighted by Gasteiger charge is 2.41. The first-order valence-electron chi connectivity index (χ1n) is 17.4. The summed E-state index contributed by atoms with van der Waals surface area (Å²) in [4.78, 5) is 5.38. The number of benzene rings is 7. The van der Waals surface area contributed by atoms with Gasteiger partial charge in [-0.05, 0) is 34.7 Å².